The van der Waals surface area contributed by atoms with Gasteiger partial charge in [-0.1, -0.05) is 60.6 Å². The number of methoxy groups -OCH3 is 2. The van der Waals surface area contributed by atoms with Crippen molar-refractivity contribution in [3.05, 3.63) is 83.4 Å². The van der Waals surface area contributed by atoms with Gasteiger partial charge >= 0.3 is 0 Å². The molecule has 3 nitrogen and oxygen atoms in total. The Hall–Kier alpha value is -2.78. The lowest BCUT2D eigenvalue weighted by Gasteiger charge is -2.15. The standard InChI is InChI=1S/C21H18ClNO2/c1-14(15-7-5-4-6-8-15)18-13-19(16-9-11-17(22)12-10-16)21(25-3)23-20(18)24-2/h4-13H,1H2,2-3H3. The average Bonchev–Trinajstić information content (AvgIpc) is 2.67. The highest BCUT2D eigenvalue weighted by Gasteiger charge is 2.17. The summed E-state index contributed by atoms with van der Waals surface area (Å²) in [5.74, 6) is 0.965. The van der Waals surface area contributed by atoms with E-state index in [1.165, 1.54) is 0 Å². The van der Waals surface area contributed by atoms with Crippen molar-refractivity contribution in [2.45, 2.75) is 0 Å². The molecule has 2 aromatic carbocycles. The number of pyridine rings is 1. The van der Waals surface area contributed by atoms with Gasteiger partial charge in [0.2, 0.25) is 11.8 Å². The van der Waals surface area contributed by atoms with Crippen molar-refractivity contribution in [1.29, 1.82) is 0 Å². The molecule has 3 rings (SSSR count). The second kappa shape index (κ2) is 7.41. The SMILES string of the molecule is C=C(c1ccccc1)c1cc(-c2ccc(Cl)cc2)c(OC)nc1OC. The molecule has 0 unspecified atom stereocenters. The fraction of sp³-hybridized carbons (Fsp3) is 0.0952. The van der Waals surface area contributed by atoms with Crippen molar-refractivity contribution in [1.82, 2.24) is 4.98 Å². The van der Waals surface area contributed by atoms with Crippen LogP contribution >= 0.6 is 11.6 Å². The van der Waals surface area contributed by atoms with Crippen molar-refractivity contribution in [2.24, 2.45) is 0 Å². The molecule has 0 aliphatic rings. The molecule has 0 amide bonds. The minimum Gasteiger partial charge on any atom is -0.480 e. The molecule has 25 heavy (non-hydrogen) atoms. The molecule has 0 fully saturated rings. The molecule has 0 aliphatic heterocycles. The van der Waals surface area contributed by atoms with Gasteiger partial charge < -0.3 is 9.47 Å². The van der Waals surface area contributed by atoms with E-state index in [9.17, 15) is 0 Å². The van der Waals surface area contributed by atoms with Crippen LogP contribution < -0.4 is 9.47 Å². The predicted octanol–water partition coefficient (Wildman–Crippen LogP) is 5.48. The lowest BCUT2D eigenvalue weighted by atomic mass is 9.97. The van der Waals surface area contributed by atoms with E-state index in [0.717, 1.165) is 27.8 Å². The molecule has 0 spiro atoms. The van der Waals surface area contributed by atoms with E-state index in [0.29, 0.717) is 16.8 Å². The van der Waals surface area contributed by atoms with Gasteiger partial charge in [0.1, 0.15) is 0 Å². The van der Waals surface area contributed by atoms with Gasteiger partial charge in [-0.25, -0.2) is 0 Å². The lowest BCUT2D eigenvalue weighted by Crippen LogP contribution is -2.00. The average molecular weight is 352 g/mol. The zero-order valence-corrected chi connectivity index (χ0v) is 14.9. The van der Waals surface area contributed by atoms with Crippen molar-refractivity contribution in [3.8, 4) is 22.9 Å². The fourth-order valence-corrected chi connectivity index (χ4v) is 2.76. The molecule has 0 saturated carbocycles. The first-order chi connectivity index (χ1) is 12.1. The minimum atomic E-state index is 0.475. The number of rotatable bonds is 5. The molecule has 126 valence electrons. The van der Waals surface area contributed by atoms with Crippen LogP contribution in [0.1, 0.15) is 11.1 Å². The number of nitrogens with zero attached hydrogens (tertiary/aromatic N) is 1. The van der Waals surface area contributed by atoms with Gasteiger partial charge in [0.05, 0.1) is 14.2 Å². The molecular formula is C21H18ClNO2. The molecule has 3 aromatic rings. The second-order valence-electron chi connectivity index (χ2n) is 5.45. The molecular weight excluding hydrogens is 334 g/mol. The van der Waals surface area contributed by atoms with E-state index in [1.807, 2.05) is 60.7 Å². The summed E-state index contributed by atoms with van der Waals surface area (Å²) in [7, 11) is 3.18. The lowest BCUT2D eigenvalue weighted by molar-refractivity contribution is 0.365. The maximum atomic E-state index is 6.00. The first kappa shape index (κ1) is 17.1. The Bertz CT molecular complexity index is 890. The molecule has 4 heteroatoms. The molecule has 0 N–H and O–H groups in total. The predicted molar refractivity (Wildman–Crippen MR) is 102 cm³/mol. The first-order valence-corrected chi connectivity index (χ1v) is 8.15. The summed E-state index contributed by atoms with van der Waals surface area (Å²) in [6.07, 6.45) is 0. The number of hydrogen-bond acceptors (Lipinski definition) is 3. The number of halogens is 1. The van der Waals surface area contributed by atoms with E-state index in [-0.39, 0.29) is 0 Å². The highest BCUT2D eigenvalue weighted by Crippen LogP contribution is 2.37. The van der Waals surface area contributed by atoms with Gasteiger partial charge in [0, 0.05) is 16.1 Å². The van der Waals surface area contributed by atoms with Crippen LogP contribution in [0.2, 0.25) is 5.02 Å². The first-order valence-electron chi connectivity index (χ1n) is 7.77. The summed E-state index contributed by atoms with van der Waals surface area (Å²) in [6, 6.07) is 19.5. The normalized spacial score (nSPS) is 10.4. The van der Waals surface area contributed by atoms with Gasteiger partial charge in [-0.2, -0.15) is 4.98 Å². The third-order valence-electron chi connectivity index (χ3n) is 3.94. The Morgan fingerprint density at radius 1 is 0.920 bits per heavy atom. The van der Waals surface area contributed by atoms with Gasteiger partial charge in [-0.05, 0) is 34.9 Å². The Morgan fingerprint density at radius 3 is 2.16 bits per heavy atom. The third-order valence-corrected chi connectivity index (χ3v) is 4.19. The van der Waals surface area contributed by atoms with Crippen LogP contribution in [-0.2, 0) is 0 Å². The van der Waals surface area contributed by atoms with E-state index >= 15 is 0 Å². The molecule has 1 aromatic heterocycles. The van der Waals surface area contributed by atoms with Crippen molar-refractivity contribution < 1.29 is 9.47 Å². The van der Waals surface area contributed by atoms with Gasteiger partial charge in [0.15, 0.2) is 0 Å². The zero-order chi connectivity index (χ0) is 17.8. The van der Waals surface area contributed by atoms with Crippen molar-refractivity contribution >= 4 is 17.2 Å². The maximum Gasteiger partial charge on any atom is 0.224 e. The molecule has 0 saturated heterocycles. The van der Waals surface area contributed by atoms with Crippen LogP contribution in [0.5, 0.6) is 11.8 Å². The van der Waals surface area contributed by atoms with Crippen LogP contribution in [0.25, 0.3) is 16.7 Å². The highest BCUT2D eigenvalue weighted by atomic mass is 35.5. The summed E-state index contributed by atoms with van der Waals surface area (Å²) in [5.41, 5.74) is 4.47. The molecule has 0 bridgehead atoms. The van der Waals surface area contributed by atoms with Gasteiger partial charge in [-0.3, -0.25) is 0 Å². The fourth-order valence-electron chi connectivity index (χ4n) is 2.64. The summed E-state index contributed by atoms with van der Waals surface area (Å²) < 4.78 is 10.9. The molecule has 0 aliphatic carbocycles. The van der Waals surface area contributed by atoms with Gasteiger partial charge in [-0.15, -0.1) is 0 Å². The molecule has 0 radical (unpaired) electrons. The van der Waals surface area contributed by atoms with Gasteiger partial charge in [0.25, 0.3) is 0 Å². The van der Waals surface area contributed by atoms with Crippen molar-refractivity contribution in [3.63, 3.8) is 0 Å². The summed E-state index contributed by atoms with van der Waals surface area (Å²) >= 11 is 6.00. The number of aromatic nitrogens is 1. The number of hydrogen-bond donors (Lipinski definition) is 0. The summed E-state index contributed by atoms with van der Waals surface area (Å²) in [4.78, 5) is 4.52. The van der Waals surface area contributed by atoms with Crippen LogP contribution in [0.15, 0.2) is 67.2 Å². The van der Waals surface area contributed by atoms with Crippen LogP contribution in [0.4, 0.5) is 0 Å². The monoisotopic (exact) mass is 351 g/mol. The number of benzene rings is 2. The summed E-state index contributed by atoms with van der Waals surface area (Å²) in [5, 5.41) is 0.679. The largest absolute Gasteiger partial charge is 0.480 e. The highest BCUT2D eigenvalue weighted by molar-refractivity contribution is 6.30. The van der Waals surface area contributed by atoms with Crippen LogP contribution in [0.3, 0.4) is 0 Å². The topological polar surface area (TPSA) is 31.4 Å². The van der Waals surface area contributed by atoms with Crippen LogP contribution in [-0.4, -0.2) is 19.2 Å². The quantitative estimate of drug-likeness (QED) is 0.609. The maximum absolute atomic E-state index is 6.00. The van der Waals surface area contributed by atoms with E-state index in [2.05, 4.69) is 11.6 Å². The Balaban J connectivity index is 2.16. The van der Waals surface area contributed by atoms with E-state index < -0.39 is 0 Å². The molecule has 0 atom stereocenters. The minimum absolute atomic E-state index is 0.475. The Morgan fingerprint density at radius 2 is 1.56 bits per heavy atom. The zero-order valence-electron chi connectivity index (χ0n) is 14.1. The third kappa shape index (κ3) is 3.52. The van der Waals surface area contributed by atoms with E-state index in [1.54, 1.807) is 14.2 Å². The Kier molecular flexibility index (Phi) is 5.05. The Labute approximate surface area is 152 Å². The second-order valence-corrected chi connectivity index (χ2v) is 5.89. The smallest absolute Gasteiger partial charge is 0.224 e. The molecule has 1 heterocycles. The van der Waals surface area contributed by atoms with Crippen LogP contribution in [0, 0.1) is 0 Å². The van der Waals surface area contributed by atoms with Crippen molar-refractivity contribution in [2.75, 3.05) is 14.2 Å². The number of ether oxygens (including phenoxy) is 2. The summed E-state index contributed by atoms with van der Waals surface area (Å²) in [6.45, 7) is 4.23. The van der Waals surface area contributed by atoms with E-state index in [4.69, 9.17) is 21.1 Å².